The predicted octanol–water partition coefficient (Wildman–Crippen LogP) is -0.737. The van der Waals surface area contributed by atoms with Gasteiger partial charge in [0, 0.05) is 12.7 Å². The van der Waals surface area contributed by atoms with E-state index < -0.39 is 37.1 Å². The SMILES string of the molecule is NC(=O)Cc1cnn(-c2nc(NCc3ccccc3)c3ncn(C4OC(CO)C(O)C4O)c3n2)c1. The number of aromatic nitrogens is 6. The monoisotopic (exact) mass is 480 g/mol. The Kier molecular flexibility index (Phi) is 6.13. The number of imidazole rings is 1. The summed E-state index contributed by atoms with van der Waals surface area (Å²) in [7, 11) is 0. The van der Waals surface area contributed by atoms with Crippen molar-refractivity contribution >= 4 is 22.9 Å². The van der Waals surface area contributed by atoms with Crippen LogP contribution in [-0.4, -0.2) is 75.4 Å². The summed E-state index contributed by atoms with van der Waals surface area (Å²) in [4.78, 5) is 24.8. The maximum Gasteiger partial charge on any atom is 0.254 e. The summed E-state index contributed by atoms with van der Waals surface area (Å²) in [5, 5.41) is 37.7. The van der Waals surface area contributed by atoms with Crippen molar-refractivity contribution in [1.82, 2.24) is 29.3 Å². The summed E-state index contributed by atoms with van der Waals surface area (Å²) in [6.45, 7) is 0.000534. The van der Waals surface area contributed by atoms with Crippen LogP contribution in [0.5, 0.6) is 0 Å². The fraction of sp³-hybridized carbons (Fsp3) is 0.318. The van der Waals surface area contributed by atoms with E-state index in [1.807, 2.05) is 30.3 Å². The largest absolute Gasteiger partial charge is 0.394 e. The van der Waals surface area contributed by atoms with Gasteiger partial charge in [-0.25, -0.2) is 9.67 Å². The van der Waals surface area contributed by atoms with Gasteiger partial charge in [0.1, 0.15) is 18.3 Å². The highest BCUT2D eigenvalue weighted by Gasteiger charge is 2.44. The number of hydrogen-bond acceptors (Lipinski definition) is 10. The van der Waals surface area contributed by atoms with Crippen molar-refractivity contribution in [3.8, 4) is 5.95 Å². The zero-order valence-electron chi connectivity index (χ0n) is 18.5. The topological polar surface area (TPSA) is 186 Å². The first-order valence-electron chi connectivity index (χ1n) is 10.9. The Balaban J connectivity index is 1.57. The van der Waals surface area contributed by atoms with Crippen molar-refractivity contribution in [3.63, 3.8) is 0 Å². The zero-order chi connectivity index (χ0) is 24.5. The molecule has 0 aliphatic carbocycles. The highest BCUT2D eigenvalue weighted by molar-refractivity contribution is 5.83. The summed E-state index contributed by atoms with van der Waals surface area (Å²) >= 11 is 0. The molecule has 1 amide bonds. The molecule has 3 aromatic heterocycles. The summed E-state index contributed by atoms with van der Waals surface area (Å²) in [6.07, 6.45) is -0.0244. The second-order valence-electron chi connectivity index (χ2n) is 8.20. The lowest BCUT2D eigenvalue weighted by molar-refractivity contribution is -0.117. The number of amides is 1. The Labute approximate surface area is 198 Å². The van der Waals surface area contributed by atoms with Gasteiger partial charge in [-0.15, -0.1) is 0 Å². The van der Waals surface area contributed by atoms with Crippen molar-refractivity contribution in [2.24, 2.45) is 5.73 Å². The van der Waals surface area contributed by atoms with Crippen LogP contribution < -0.4 is 11.1 Å². The smallest absolute Gasteiger partial charge is 0.254 e. The summed E-state index contributed by atoms with van der Waals surface area (Å²) in [5.41, 5.74) is 7.62. The Bertz CT molecular complexity index is 1340. The van der Waals surface area contributed by atoms with Crippen molar-refractivity contribution in [3.05, 3.63) is 60.2 Å². The van der Waals surface area contributed by atoms with Crippen LogP contribution in [0.2, 0.25) is 0 Å². The number of carbonyl (C=O) groups is 1. The highest BCUT2D eigenvalue weighted by atomic mass is 16.6. The van der Waals surface area contributed by atoms with E-state index in [1.165, 1.54) is 21.8 Å². The van der Waals surface area contributed by atoms with Crippen LogP contribution in [0.15, 0.2) is 49.1 Å². The molecule has 0 spiro atoms. The first kappa shape index (κ1) is 22.9. The number of aliphatic hydroxyl groups excluding tert-OH is 3. The van der Waals surface area contributed by atoms with Gasteiger partial charge in [-0.2, -0.15) is 15.1 Å². The standard InChI is InChI=1S/C22H24N8O5/c23-15(32)6-13-8-26-30(9-13)22-27-19(24-7-12-4-2-1-3-5-12)16-20(28-22)29(11-25-16)21-18(34)17(33)14(10-31)35-21/h1-5,8-9,11,14,17-18,21,31,33-34H,6-7,10H2,(H2,23,32)(H,24,27,28). The van der Waals surface area contributed by atoms with Gasteiger partial charge in [-0.1, -0.05) is 30.3 Å². The third-order valence-electron chi connectivity index (χ3n) is 5.72. The molecule has 5 rings (SSSR count). The van der Waals surface area contributed by atoms with E-state index in [0.29, 0.717) is 29.1 Å². The molecule has 1 saturated heterocycles. The first-order chi connectivity index (χ1) is 16.9. The maximum atomic E-state index is 11.3. The Morgan fingerprint density at radius 3 is 2.66 bits per heavy atom. The number of nitrogens with one attached hydrogen (secondary N) is 1. The number of benzene rings is 1. The van der Waals surface area contributed by atoms with E-state index in [2.05, 4.69) is 25.4 Å². The summed E-state index contributed by atoms with van der Waals surface area (Å²) in [5.74, 6) is 0.0946. The number of primary amides is 1. The number of rotatable bonds is 8. The molecule has 1 aliphatic heterocycles. The summed E-state index contributed by atoms with van der Waals surface area (Å²) in [6, 6.07) is 9.72. The predicted molar refractivity (Wildman–Crippen MR) is 122 cm³/mol. The fourth-order valence-corrected chi connectivity index (χ4v) is 3.97. The fourth-order valence-electron chi connectivity index (χ4n) is 3.97. The molecule has 13 nitrogen and oxygen atoms in total. The minimum absolute atomic E-state index is 0.0157. The van der Waals surface area contributed by atoms with Gasteiger partial charge < -0.3 is 31.1 Å². The molecule has 1 aromatic carbocycles. The number of fused-ring (bicyclic) bond motifs is 1. The second kappa shape index (κ2) is 9.38. The number of nitrogens with zero attached hydrogens (tertiary/aromatic N) is 6. The molecule has 0 radical (unpaired) electrons. The Morgan fingerprint density at radius 2 is 1.94 bits per heavy atom. The molecule has 0 saturated carbocycles. The molecule has 35 heavy (non-hydrogen) atoms. The molecule has 0 bridgehead atoms. The lowest BCUT2D eigenvalue weighted by atomic mass is 10.1. The van der Waals surface area contributed by atoms with Gasteiger partial charge in [0.05, 0.1) is 25.6 Å². The van der Waals surface area contributed by atoms with Crippen molar-refractivity contribution < 1.29 is 24.9 Å². The van der Waals surface area contributed by atoms with Crippen LogP contribution >= 0.6 is 0 Å². The number of aliphatic hydroxyl groups is 3. The van der Waals surface area contributed by atoms with Crippen LogP contribution in [0.4, 0.5) is 5.82 Å². The van der Waals surface area contributed by atoms with Crippen LogP contribution in [-0.2, 0) is 22.5 Å². The van der Waals surface area contributed by atoms with E-state index in [9.17, 15) is 20.1 Å². The van der Waals surface area contributed by atoms with Gasteiger partial charge in [-0.05, 0) is 11.1 Å². The van der Waals surface area contributed by atoms with Gasteiger partial charge in [0.25, 0.3) is 5.95 Å². The molecule has 4 heterocycles. The van der Waals surface area contributed by atoms with Gasteiger partial charge in [0.2, 0.25) is 5.91 Å². The number of nitrogens with two attached hydrogens (primary N) is 1. The Morgan fingerprint density at radius 1 is 1.14 bits per heavy atom. The minimum Gasteiger partial charge on any atom is -0.394 e. The molecule has 6 N–H and O–H groups in total. The van der Waals surface area contributed by atoms with E-state index in [1.54, 1.807) is 6.20 Å². The van der Waals surface area contributed by atoms with Crippen molar-refractivity contribution in [1.29, 1.82) is 0 Å². The molecule has 1 fully saturated rings. The number of carbonyl (C=O) groups excluding carboxylic acids is 1. The average molecular weight is 480 g/mol. The van der Waals surface area contributed by atoms with Crippen LogP contribution in [0.25, 0.3) is 17.1 Å². The molecule has 1 aliphatic rings. The first-order valence-corrected chi connectivity index (χ1v) is 10.9. The molecule has 4 atom stereocenters. The minimum atomic E-state index is -1.31. The average Bonchev–Trinajstić information content (AvgIpc) is 3.56. The molecule has 4 aromatic rings. The van der Waals surface area contributed by atoms with E-state index >= 15 is 0 Å². The number of hydrogen-bond donors (Lipinski definition) is 5. The van der Waals surface area contributed by atoms with Crippen molar-refractivity contribution in [2.75, 3.05) is 11.9 Å². The van der Waals surface area contributed by atoms with Crippen molar-refractivity contribution in [2.45, 2.75) is 37.5 Å². The normalized spacial score (nSPS) is 22.0. The highest BCUT2D eigenvalue weighted by Crippen LogP contribution is 2.32. The van der Waals surface area contributed by atoms with Gasteiger partial charge in [0.15, 0.2) is 23.2 Å². The lowest BCUT2D eigenvalue weighted by Crippen LogP contribution is -2.33. The quantitative estimate of drug-likeness (QED) is 0.215. The zero-order valence-corrected chi connectivity index (χ0v) is 18.5. The van der Waals surface area contributed by atoms with E-state index in [4.69, 9.17) is 10.5 Å². The second-order valence-corrected chi connectivity index (χ2v) is 8.20. The van der Waals surface area contributed by atoms with Gasteiger partial charge >= 0.3 is 0 Å². The van der Waals surface area contributed by atoms with Crippen LogP contribution in [0, 0.1) is 0 Å². The van der Waals surface area contributed by atoms with Crippen LogP contribution in [0.3, 0.4) is 0 Å². The molecular formula is C22H24N8O5. The number of ether oxygens (including phenoxy) is 1. The third kappa shape index (κ3) is 4.44. The van der Waals surface area contributed by atoms with E-state index in [0.717, 1.165) is 5.56 Å². The van der Waals surface area contributed by atoms with E-state index in [-0.39, 0.29) is 12.4 Å². The molecule has 4 unspecified atom stereocenters. The van der Waals surface area contributed by atoms with Gasteiger partial charge in [-0.3, -0.25) is 9.36 Å². The Hall–Kier alpha value is -3.91. The van der Waals surface area contributed by atoms with Crippen LogP contribution in [0.1, 0.15) is 17.4 Å². The molecule has 182 valence electrons. The maximum absolute atomic E-state index is 11.3. The number of anilines is 1. The lowest BCUT2D eigenvalue weighted by Gasteiger charge is -2.17. The molecule has 13 heteroatoms. The summed E-state index contributed by atoms with van der Waals surface area (Å²) < 4.78 is 8.55. The third-order valence-corrected chi connectivity index (χ3v) is 5.72. The molecular weight excluding hydrogens is 456 g/mol.